The fourth-order valence-electron chi connectivity index (χ4n) is 1.11. The predicted molar refractivity (Wildman–Crippen MR) is 58.3 cm³/mol. The van der Waals surface area contributed by atoms with Crippen molar-refractivity contribution in [2.24, 2.45) is 0 Å². The Morgan fingerprint density at radius 2 is 2.13 bits per heavy atom. The number of rotatable bonds is 5. The van der Waals surface area contributed by atoms with E-state index in [2.05, 4.69) is 6.58 Å². The lowest BCUT2D eigenvalue weighted by atomic mass is 10.1. The Balaban J connectivity index is 2.76. The van der Waals surface area contributed by atoms with Crippen LogP contribution >= 0.6 is 11.6 Å². The van der Waals surface area contributed by atoms with E-state index in [1.54, 1.807) is 24.3 Å². The van der Waals surface area contributed by atoms with E-state index in [1.807, 2.05) is 0 Å². The maximum Gasteiger partial charge on any atom is 0.307 e. The van der Waals surface area contributed by atoms with Gasteiger partial charge in [-0.3, -0.25) is 4.79 Å². The van der Waals surface area contributed by atoms with Crippen molar-refractivity contribution in [3.05, 3.63) is 41.4 Å². The predicted octanol–water partition coefficient (Wildman–Crippen LogP) is 2.44. The quantitative estimate of drug-likeness (QED) is 0.839. The number of carboxylic acids is 1. The Kier molecular flexibility index (Phi) is 4.18. The minimum Gasteiger partial charge on any atom is -0.488 e. The topological polar surface area (TPSA) is 46.5 Å². The van der Waals surface area contributed by atoms with Crippen LogP contribution in [0.4, 0.5) is 0 Å². The number of ether oxygens (including phenoxy) is 1. The fraction of sp³-hybridized carbons (Fsp3) is 0.182. The minimum atomic E-state index is -0.893. The fourth-order valence-corrected chi connectivity index (χ4v) is 1.16. The van der Waals surface area contributed by atoms with Gasteiger partial charge in [0, 0.05) is 10.6 Å². The van der Waals surface area contributed by atoms with E-state index in [1.165, 1.54) is 0 Å². The van der Waals surface area contributed by atoms with Crippen LogP contribution in [0.15, 0.2) is 35.9 Å². The molecule has 0 atom stereocenters. The van der Waals surface area contributed by atoms with E-state index < -0.39 is 5.97 Å². The van der Waals surface area contributed by atoms with Gasteiger partial charge in [0.25, 0.3) is 0 Å². The average molecular weight is 227 g/mol. The van der Waals surface area contributed by atoms with Gasteiger partial charge in [-0.15, -0.1) is 0 Å². The Hall–Kier alpha value is -1.48. The Morgan fingerprint density at radius 1 is 1.47 bits per heavy atom. The second kappa shape index (κ2) is 5.41. The lowest BCUT2D eigenvalue weighted by molar-refractivity contribution is -0.136. The third kappa shape index (κ3) is 4.04. The molecule has 0 aromatic heterocycles. The molecular weight excluding hydrogens is 216 g/mol. The number of benzene rings is 1. The molecule has 1 aromatic carbocycles. The molecule has 0 spiro atoms. The van der Waals surface area contributed by atoms with Gasteiger partial charge in [-0.1, -0.05) is 36.4 Å². The van der Waals surface area contributed by atoms with E-state index in [0.717, 1.165) is 0 Å². The number of carboxylic acid groups (broad SMARTS) is 1. The summed E-state index contributed by atoms with van der Waals surface area (Å²) in [7, 11) is 0. The highest BCUT2D eigenvalue weighted by molar-refractivity contribution is 6.29. The molecule has 1 rings (SSSR count). The van der Waals surface area contributed by atoms with Gasteiger partial charge in [0.05, 0.1) is 6.42 Å². The van der Waals surface area contributed by atoms with Crippen LogP contribution in [0.25, 0.3) is 0 Å². The summed E-state index contributed by atoms with van der Waals surface area (Å²) >= 11 is 5.55. The molecule has 0 aliphatic rings. The van der Waals surface area contributed by atoms with Gasteiger partial charge in [-0.25, -0.2) is 0 Å². The molecule has 0 aliphatic heterocycles. The van der Waals surface area contributed by atoms with Crippen LogP contribution in [0.1, 0.15) is 5.56 Å². The molecule has 3 nitrogen and oxygen atoms in total. The Bertz CT molecular complexity index is 374. The third-order valence-corrected chi connectivity index (χ3v) is 1.81. The van der Waals surface area contributed by atoms with E-state index in [4.69, 9.17) is 21.4 Å². The standard InChI is InChI=1S/C11H11ClO3/c1-8(12)7-15-10-5-3-2-4-9(10)6-11(13)14/h2-5H,1,6-7H2,(H,13,14). The van der Waals surface area contributed by atoms with Crippen molar-refractivity contribution in [2.75, 3.05) is 6.61 Å². The van der Waals surface area contributed by atoms with Crippen molar-refractivity contribution >= 4 is 17.6 Å². The van der Waals surface area contributed by atoms with Crippen LogP contribution in [-0.4, -0.2) is 17.7 Å². The first-order chi connectivity index (χ1) is 7.09. The second-order valence-corrected chi connectivity index (χ2v) is 3.52. The second-order valence-electron chi connectivity index (χ2n) is 2.98. The van der Waals surface area contributed by atoms with Crippen LogP contribution in [0, 0.1) is 0 Å². The first kappa shape index (κ1) is 11.6. The normalized spacial score (nSPS) is 9.67. The molecule has 0 radical (unpaired) electrons. The summed E-state index contributed by atoms with van der Waals surface area (Å²) in [6, 6.07) is 6.96. The summed E-state index contributed by atoms with van der Waals surface area (Å²) in [6.45, 7) is 3.66. The number of hydrogen-bond acceptors (Lipinski definition) is 2. The molecule has 0 bridgehead atoms. The zero-order valence-electron chi connectivity index (χ0n) is 8.07. The Labute approximate surface area is 92.9 Å². The lowest BCUT2D eigenvalue weighted by Crippen LogP contribution is -2.04. The Morgan fingerprint density at radius 3 is 2.73 bits per heavy atom. The highest BCUT2D eigenvalue weighted by Crippen LogP contribution is 2.19. The zero-order chi connectivity index (χ0) is 11.3. The number of carbonyl (C=O) groups is 1. The molecule has 80 valence electrons. The van der Waals surface area contributed by atoms with E-state index in [0.29, 0.717) is 16.3 Å². The van der Waals surface area contributed by atoms with Crippen molar-refractivity contribution in [3.63, 3.8) is 0 Å². The smallest absolute Gasteiger partial charge is 0.307 e. The largest absolute Gasteiger partial charge is 0.488 e. The van der Waals surface area contributed by atoms with E-state index in [9.17, 15) is 4.79 Å². The van der Waals surface area contributed by atoms with E-state index in [-0.39, 0.29) is 13.0 Å². The van der Waals surface area contributed by atoms with Crippen molar-refractivity contribution < 1.29 is 14.6 Å². The number of hydrogen-bond donors (Lipinski definition) is 1. The maximum absolute atomic E-state index is 10.6. The molecule has 0 heterocycles. The van der Waals surface area contributed by atoms with Crippen LogP contribution in [-0.2, 0) is 11.2 Å². The third-order valence-electron chi connectivity index (χ3n) is 1.70. The molecule has 0 fully saturated rings. The molecule has 4 heteroatoms. The molecule has 0 saturated carbocycles. The first-order valence-corrected chi connectivity index (χ1v) is 4.73. The lowest BCUT2D eigenvalue weighted by Gasteiger charge is -2.08. The summed E-state index contributed by atoms with van der Waals surface area (Å²) in [5.41, 5.74) is 0.628. The van der Waals surface area contributed by atoms with Gasteiger partial charge >= 0.3 is 5.97 Å². The summed E-state index contributed by atoms with van der Waals surface area (Å²) in [4.78, 5) is 10.6. The molecule has 0 saturated heterocycles. The highest BCUT2D eigenvalue weighted by atomic mass is 35.5. The van der Waals surface area contributed by atoms with Crippen LogP contribution in [0.3, 0.4) is 0 Å². The highest BCUT2D eigenvalue weighted by Gasteiger charge is 2.06. The summed E-state index contributed by atoms with van der Waals surface area (Å²) in [6.07, 6.45) is -0.0645. The van der Waals surface area contributed by atoms with E-state index >= 15 is 0 Å². The number of halogens is 1. The summed E-state index contributed by atoms with van der Waals surface area (Å²) in [5.74, 6) is -0.363. The van der Waals surface area contributed by atoms with Crippen molar-refractivity contribution in [2.45, 2.75) is 6.42 Å². The monoisotopic (exact) mass is 226 g/mol. The van der Waals surface area contributed by atoms with Crippen LogP contribution < -0.4 is 4.74 Å². The summed E-state index contributed by atoms with van der Waals surface area (Å²) < 4.78 is 5.30. The SMILES string of the molecule is C=C(Cl)COc1ccccc1CC(=O)O. The molecule has 15 heavy (non-hydrogen) atoms. The molecule has 0 unspecified atom stereocenters. The number of aliphatic carboxylic acids is 1. The van der Waals surface area contributed by atoms with Crippen molar-refractivity contribution in [3.8, 4) is 5.75 Å². The molecule has 1 N–H and O–H groups in total. The first-order valence-electron chi connectivity index (χ1n) is 4.35. The zero-order valence-corrected chi connectivity index (χ0v) is 8.83. The van der Waals surface area contributed by atoms with Gasteiger partial charge in [-0.05, 0) is 6.07 Å². The molecule has 0 aliphatic carbocycles. The van der Waals surface area contributed by atoms with Gasteiger partial charge in [0.15, 0.2) is 0 Å². The minimum absolute atomic E-state index is 0.0645. The van der Waals surface area contributed by atoms with Crippen molar-refractivity contribution in [1.82, 2.24) is 0 Å². The molecular formula is C11H11ClO3. The van der Waals surface area contributed by atoms with Gasteiger partial charge in [0.2, 0.25) is 0 Å². The van der Waals surface area contributed by atoms with Crippen molar-refractivity contribution in [1.29, 1.82) is 0 Å². The van der Waals surface area contributed by atoms with Gasteiger partial charge < -0.3 is 9.84 Å². The molecule has 0 amide bonds. The van der Waals surface area contributed by atoms with Crippen LogP contribution in [0.5, 0.6) is 5.75 Å². The summed E-state index contributed by atoms with van der Waals surface area (Å²) in [5, 5.41) is 9.04. The van der Waals surface area contributed by atoms with Gasteiger partial charge in [0.1, 0.15) is 12.4 Å². The maximum atomic E-state index is 10.6. The average Bonchev–Trinajstić information content (AvgIpc) is 2.15. The molecule has 1 aromatic rings. The van der Waals surface area contributed by atoms with Gasteiger partial charge in [-0.2, -0.15) is 0 Å². The van der Waals surface area contributed by atoms with Crippen LogP contribution in [0.2, 0.25) is 0 Å². The number of para-hydroxylation sites is 1.